The molecule has 1 heterocycles. The molecule has 1 fully saturated rings. The molecule has 6 heteroatoms. The van der Waals surface area contributed by atoms with Crippen molar-refractivity contribution in [1.82, 2.24) is 10.2 Å². The minimum atomic E-state index is 0.608. The minimum absolute atomic E-state index is 0.608. The third-order valence-electron chi connectivity index (χ3n) is 4.18. The zero-order valence-corrected chi connectivity index (χ0v) is 14.6. The highest BCUT2D eigenvalue weighted by Gasteiger charge is 2.21. The third kappa shape index (κ3) is 4.77. The lowest BCUT2D eigenvalue weighted by atomic mass is 10.2. The first kappa shape index (κ1) is 16.9. The van der Waals surface area contributed by atoms with E-state index in [-0.39, 0.29) is 0 Å². The normalized spacial score (nSPS) is 16.8. The molecule has 1 aliphatic carbocycles. The number of ether oxygens (including phenoxy) is 3. The zero-order chi connectivity index (χ0) is 16.8. The molecule has 0 spiro atoms. The van der Waals surface area contributed by atoms with Crippen LogP contribution in [0.15, 0.2) is 23.2 Å². The summed E-state index contributed by atoms with van der Waals surface area (Å²) in [5.41, 5.74) is 1.16. The second-order valence-electron chi connectivity index (χ2n) is 6.33. The van der Waals surface area contributed by atoms with Gasteiger partial charge >= 0.3 is 0 Å². The van der Waals surface area contributed by atoms with Gasteiger partial charge in [-0.15, -0.1) is 0 Å². The Morgan fingerprint density at radius 2 is 2.08 bits per heavy atom. The fourth-order valence-electron chi connectivity index (χ4n) is 2.69. The number of nitrogens with one attached hydrogen (secondary N) is 1. The number of fused-ring (bicyclic) bond motifs is 1. The summed E-state index contributed by atoms with van der Waals surface area (Å²) in [6, 6.07) is 6.08. The fraction of sp³-hybridized carbons (Fsp3) is 0.611. The first-order valence-corrected chi connectivity index (χ1v) is 8.64. The van der Waals surface area contributed by atoms with Gasteiger partial charge in [-0.3, -0.25) is 4.99 Å². The SMILES string of the molecule is CN=C(NCCOCC1CC1)N(C)Cc1ccc2c(c1)OCCO2. The van der Waals surface area contributed by atoms with Gasteiger partial charge in [-0.25, -0.2) is 0 Å². The summed E-state index contributed by atoms with van der Waals surface area (Å²) in [7, 11) is 3.82. The number of rotatable bonds is 7. The first-order valence-electron chi connectivity index (χ1n) is 8.64. The fourth-order valence-corrected chi connectivity index (χ4v) is 2.69. The molecule has 1 N–H and O–H groups in total. The Morgan fingerprint density at radius 1 is 1.29 bits per heavy atom. The molecule has 2 aliphatic rings. The predicted molar refractivity (Wildman–Crippen MR) is 93.8 cm³/mol. The highest BCUT2D eigenvalue weighted by Crippen LogP contribution is 2.31. The van der Waals surface area contributed by atoms with Crippen molar-refractivity contribution < 1.29 is 14.2 Å². The van der Waals surface area contributed by atoms with Crippen LogP contribution in [0.25, 0.3) is 0 Å². The zero-order valence-electron chi connectivity index (χ0n) is 14.6. The summed E-state index contributed by atoms with van der Waals surface area (Å²) < 4.78 is 16.8. The molecule has 3 rings (SSSR count). The second-order valence-corrected chi connectivity index (χ2v) is 6.33. The van der Waals surface area contributed by atoms with Crippen LogP contribution in [0.5, 0.6) is 11.5 Å². The molecule has 0 unspecified atom stereocenters. The number of hydrogen-bond donors (Lipinski definition) is 1. The van der Waals surface area contributed by atoms with Gasteiger partial charge in [0, 0.05) is 33.8 Å². The van der Waals surface area contributed by atoms with E-state index < -0.39 is 0 Å². The van der Waals surface area contributed by atoms with Crippen molar-refractivity contribution in [3.05, 3.63) is 23.8 Å². The quantitative estimate of drug-likeness (QED) is 0.469. The van der Waals surface area contributed by atoms with Crippen LogP contribution in [0.4, 0.5) is 0 Å². The summed E-state index contributed by atoms with van der Waals surface area (Å²) in [5.74, 6) is 3.31. The lowest BCUT2D eigenvalue weighted by Crippen LogP contribution is -2.40. The van der Waals surface area contributed by atoms with Crippen molar-refractivity contribution in [2.45, 2.75) is 19.4 Å². The van der Waals surface area contributed by atoms with Crippen LogP contribution in [-0.2, 0) is 11.3 Å². The predicted octanol–water partition coefficient (Wildman–Crippen LogP) is 1.89. The highest BCUT2D eigenvalue weighted by atomic mass is 16.6. The summed E-state index contributed by atoms with van der Waals surface area (Å²) >= 11 is 0. The van der Waals surface area contributed by atoms with Gasteiger partial charge in [0.1, 0.15) is 13.2 Å². The average molecular weight is 333 g/mol. The van der Waals surface area contributed by atoms with E-state index in [1.54, 1.807) is 7.05 Å². The molecule has 1 aromatic rings. The molecule has 0 radical (unpaired) electrons. The molecule has 1 aliphatic heterocycles. The van der Waals surface area contributed by atoms with Gasteiger partial charge < -0.3 is 24.4 Å². The van der Waals surface area contributed by atoms with Gasteiger partial charge in [-0.2, -0.15) is 0 Å². The maximum Gasteiger partial charge on any atom is 0.193 e. The van der Waals surface area contributed by atoms with Gasteiger partial charge in [0.2, 0.25) is 0 Å². The maximum atomic E-state index is 5.65. The molecule has 1 saturated carbocycles. The van der Waals surface area contributed by atoms with Crippen LogP contribution in [0.1, 0.15) is 18.4 Å². The van der Waals surface area contributed by atoms with E-state index in [4.69, 9.17) is 14.2 Å². The Morgan fingerprint density at radius 3 is 2.83 bits per heavy atom. The molecule has 6 nitrogen and oxygen atoms in total. The molecule has 132 valence electrons. The van der Waals surface area contributed by atoms with Crippen LogP contribution in [0.3, 0.4) is 0 Å². The lowest BCUT2D eigenvalue weighted by molar-refractivity contribution is 0.128. The first-order chi connectivity index (χ1) is 11.8. The Bertz CT molecular complexity index is 573. The molecule has 0 amide bonds. The van der Waals surface area contributed by atoms with E-state index >= 15 is 0 Å². The second kappa shape index (κ2) is 8.24. The molecule has 0 saturated heterocycles. The maximum absolute atomic E-state index is 5.65. The topological polar surface area (TPSA) is 55.3 Å². The van der Waals surface area contributed by atoms with E-state index in [1.807, 2.05) is 19.2 Å². The van der Waals surface area contributed by atoms with E-state index in [0.29, 0.717) is 19.8 Å². The van der Waals surface area contributed by atoms with Crippen molar-refractivity contribution in [1.29, 1.82) is 0 Å². The molecule has 0 aromatic heterocycles. The Hall–Kier alpha value is -1.95. The standard InChI is InChI=1S/C18H27N3O3/c1-19-18(20-7-8-22-13-14-3-4-14)21(2)12-15-5-6-16-17(11-15)24-10-9-23-16/h5-6,11,14H,3-4,7-10,12-13H2,1-2H3,(H,19,20). The van der Waals surface area contributed by atoms with Crippen LogP contribution in [-0.4, -0.2) is 57.9 Å². The smallest absolute Gasteiger partial charge is 0.193 e. The molecule has 24 heavy (non-hydrogen) atoms. The largest absolute Gasteiger partial charge is 0.486 e. The number of aliphatic imine (C=N–C) groups is 1. The van der Waals surface area contributed by atoms with E-state index in [2.05, 4.69) is 21.3 Å². The van der Waals surface area contributed by atoms with Crippen molar-refractivity contribution in [2.75, 3.05) is 47.1 Å². The van der Waals surface area contributed by atoms with Crippen LogP contribution >= 0.6 is 0 Å². The Labute approximate surface area is 143 Å². The van der Waals surface area contributed by atoms with E-state index in [1.165, 1.54) is 12.8 Å². The van der Waals surface area contributed by atoms with Gasteiger partial charge in [-0.1, -0.05) is 6.07 Å². The van der Waals surface area contributed by atoms with Crippen LogP contribution in [0.2, 0.25) is 0 Å². The van der Waals surface area contributed by atoms with Gasteiger partial charge in [-0.05, 0) is 36.5 Å². The van der Waals surface area contributed by atoms with E-state index in [0.717, 1.165) is 48.6 Å². The number of guanidine groups is 1. The van der Waals surface area contributed by atoms with E-state index in [9.17, 15) is 0 Å². The number of benzene rings is 1. The van der Waals surface area contributed by atoms with Crippen molar-refractivity contribution in [3.8, 4) is 11.5 Å². The highest BCUT2D eigenvalue weighted by molar-refractivity contribution is 5.79. The molecule has 1 aromatic carbocycles. The van der Waals surface area contributed by atoms with Crippen LogP contribution in [0, 0.1) is 5.92 Å². The van der Waals surface area contributed by atoms with Gasteiger partial charge in [0.15, 0.2) is 17.5 Å². The van der Waals surface area contributed by atoms with Crippen LogP contribution < -0.4 is 14.8 Å². The van der Waals surface area contributed by atoms with Crippen molar-refractivity contribution in [3.63, 3.8) is 0 Å². The van der Waals surface area contributed by atoms with Gasteiger partial charge in [0.05, 0.1) is 6.61 Å². The monoisotopic (exact) mass is 333 g/mol. The lowest BCUT2D eigenvalue weighted by Gasteiger charge is -2.23. The number of nitrogens with zero attached hydrogens (tertiary/aromatic N) is 2. The molecular weight excluding hydrogens is 306 g/mol. The summed E-state index contributed by atoms with van der Waals surface area (Å²) in [4.78, 5) is 6.43. The molecular formula is C18H27N3O3. The van der Waals surface area contributed by atoms with Crippen molar-refractivity contribution >= 4 is 5.96 Å². The Balaban J connectivity index is 1.45. The van der Waals surface area contributed by atoms with Crippen molar-refractivity contribution in [2.24, 2.45) is 10.9 Å². The molecule has 0 bridgehead atoms. The number of hydrogen-bond acceptors (Lipinski definition) is 4. The third-order valence-corrected chi connectivity index (χ3v) is 4.18. The summed E-state index contributed by atoms with van der Waals surface area (Å²) in [5, 5.41) is 3.34. The van der Waals surface area contributed by atoms with Gasteiger partial charge in [0.25, 0.3) is 0 Å². The minimum Gasteiger partial charge on any atom is -0.486 e. The summed E-state index contributed by atoms with van der Waals surface area (Å²) in [6.45, 7) is 4.35. The Kier molecular flexibility index (Phi) is 5.80. The average Bonchev–Trinajstić information content (AvgIpc) is 3.42. The molecule has 0 atom stereocenters. The summed E-state index contributed by atoms with van der Waals surface area (Å²) in [6.07, 6.45) is 2.65.